The summed E-state index contributed by atoms with van der Waals surface area (Å²) in [7, 11) is 0. The molecular weight excluding hydrogens is 194 g/mol. The maximum absolute atomic E-state index is 11.5. The molecular formula is C11H21NO3. The van der Waals surface area contributed by atoms with E-state index in [2.05, 4.69) is 0 Å². The molecule has 0 saturated carbocycles. The number of aldehydes is 1. The molecule has 0 fully saturated rings. The van der Waals surface area contributed by atoms with E-state index in [0.29, 0.717) is 12.7 Å². The lowest BCUT2D eigenvalue weighted by molar-refractivity contribution is -0.154. The van der Waals surface area contributed by atoms with Gasteiger partial charge >= 0.3 is 5.97 Å². The Balaban J connectivity index is 4.15. The fraction of sp³-hybridized carbons (Fsp3) is 0.818. The van der Waals surface area contributed by atoms with Crippen molar-refractivity contribution in [2.45, 2.75) is 52.2 Å². The Morgan fingerprint density at radius 2 is 2.07 bits per heavy atom. The van der Waals surface area contributed by atoms with Crippen LogP contribution in [0.3, 0.4) is 0 Å². The van der Waals surface area contributed by atoms with Crippen LogP contribution >= 0.6 is 0 Å². The van der Waals surface area contributed by atoms with Crippen LogP contribution in [0.5, 0.6) is 0 Å². The molecule has 0 bridgehead atoms. The van der Waals surface area contributed by atoms with Gasteiger partial charge in [-0.25, -0.2) is 0 Å². The minimum Gasteiger partial charge on any atom is -0.454 e. The highest BCUT2D eigenvalue weighted by molar-refractivity contribution is 5.77. The number of carbonyl (C=O) groups excluding carboxylic acids is 2. The van der Waals surface area contributed by atoms with Gasteiger partial charge in [0.2, 0.25) is 0 Å². The molecule has 1 unspecified atom stereocenters. The highest BCUT2D eigenvalue weighted by Crippen LogP contribution is 2.09. The van der Waals surface area contributed by atoms with E-state index in [1.807, 2.05) is 20.8 Å². The Bertz CT molecular complexity index is 206. The summed E-state index contributed by atoms with van der Waals surface area (Å²) in [5.41, 5.74) is 5.68. The van der Waals surface area contributed by atoms with E-state index in [0.717, 1.165) is 12.8 Å². The average molecular weight is 215 g/mol. The number of rotatable bonds is 7. The predicted molar refractivity (Wildman–Crippen MR) is 58.3 cm³/mol. The van der Waals surface area contributed by atoms with E-state index in [1.54, 1.807) is 0 Å². The first-order chi connectivity index (χ1) is 7.06. The van der Waals surface area contributed by atoms with Crippen molar-refractivity contribution in [2.24, 2.45) is 11.7 Å². The number of hydrogen-bond donors (Lipinski definition) is 1. The van der Waals surface area contributed by atoms with Crippen LogP contribution in [0.2, 0.25) is 0 Å². The Labute approximate surface area is 91.2 Å². The van der Waals surface area contributed by atoms with E-state index in [1.165, 1.54) is 0 Å². The van der Waals surface area contributed by atoms with Gasteiger partial charge in [0.15, 0.2) is 12.4 Å². The van der Waals surface area contributed by atoms with Crippen molar-refractivity contribution in [3.63, 3.8) is 0 Å². The van der Waals surface area contributed by atoms with Crippen molar-refractivity contribution in [1.82, 2.24) is 0 Å². The molecule has 0 aromatic heterocycles. The second kappa shape index (κ2) is 7.40. The van der Waals surface area contributed by atoms with Gasteiger partial charge in [-0.3, -0.25) is 9.59 Å². The van der Waals surface area contributed by atoms with Gasteiger partial charge in [0.1, 0.15) is 6.04 Å². The second-order valence-electron chi connectivity index (χ2n) is 3.81. The highest BCUT2D eigenvalue weighted by Gasteiger charge is 2.23. The summed E-state index contributed by atoms with van der Waals surface area (Å²) in [6.07, 6.45) is 2.19. The van der Waals surface area contributed by atoms with E-state index in [9.17, 15) is 9.59 Å². The fourth-order valence-corrected chi connectivity index (χ4v) is 1.15. The average Bonchev–Trinajstić information content (AvgIpc) is 2.26. The first kappa shape index (κ1) is 14.1. The van der Waals surface area contributed by atoms with E-state index in [4.69, 9.17) is 10.5 Å². The third-order valence-electron chi connectivity index (χ3n) is 2.52. The lowest BCUT2D eigenvalue weighted by Gasteiger charge is -2.19. The standard InChI is InChI=1S/C11H21NO3/c1-4-6-9(7-13)15-11(14)10(12)8(3)5-2/h7-10H,4-6,12H2,1-3H3/t8-,9?,10-/m0/s1. The third kappa shape index (κ3) is 4.93. The first-order valence-electron chi connectivity index (χ1n) is 5.48. The summed E-state index contributed by atoms with van der Waals surface area (Å²) >= 11 is 0. The lowest BCUT2D eigenvalue weighted by atomic mass is 10.0. The molecule has 0 rings (SSSR count). The maximum atomic E-state index is 11.5. The molecule has 0 spiro atoms. The molecule has 0 aliphatic heterocycles. The van der Waals surface area contributed by atoms with Crippen LogP contribution in [-0.2, 0) is 14.3 Å². The molecule has 4 heteroatoms. The number of hydrogen-bond acceptors (Lipinski definition) is 4. The summed E-state index contributed by atoms with van der Waals surface area (Å²) < 4.78 is 4.99. The number of carbonyl (C=O) groups is 2. The molecule has 2 N–H and O–H groups in total. The molecule has 0 aromatic carbocycles. The number of ether oxygens (including phenoxy) is 1. The highest BCUT2D eigenvalue weighted by atomic mass is 16.5. The van der Waals surface area contributed by atoms with Crippen LogP contribution in [-0.4, -0.2) is 24.4 Å². The summed E-state index contributed by atoms with van der Waals surface area (Å²) in [5.74, 6) is -0.402. The zero-order chi connectivity index (χ0) is 11.8. The van der Waals surface area contributed by atoms with Gasteiger partial charge in [0.25, 0.3) is 0 Å². The minimum absolute atomic E-state index is 0.0754. The lowest BCUT2D eigenvalue weighted by Crippen LogP contribution is -2.40. The molecule has 0 amide bonds. The van der Waals surface area contributed by atoms with Gasteiger partial charge in [-0.15, -0.1) is 0 Å². The summed E-state index contributed by atoms with van der Waals surface area (Å²) in [6.45, 7) is 5.78. The van der Waals surface area contributed by atoms with Gasteiger partial charge < -0.3 is 10.5 Å². The fourth-order valence-electron chi connectivity index (χ4n) is 1.15. The summed E-state index contributed by atoms with van der Waals surface area (Å²) in [4.78, 5) is 22.1. The largest absolute Gasteiger partial charge is 0.454 e. The van der Waals surface area contributed by atoms with E-state index >= 15 is 0 Å². The number of nitrogens with two attached hydrogens (primary N) is 1. The van der Waals surface area contributed by atoms with Crippen molar-refractivity contribution in [3.8, 4) is 0 Å². The van der Waals surface area contributed by atoms with Gasteiger partial charge in [-0.05, 0) is 12.3 Å². The Kier molecular flexibility index (Phi) is 6.96. The molecule has 0 aromatic rings. The smallest absolute Gasteiger partial charge is 0.323 e. The molecule has 3 atom stereocenters. The zero-order valence-electron chi connectivity index (χ0n) is 9.73. The molecule has 0 aliphatic rings. The Morgan fingerprint density at radius 1 is 1.47 bits per heavy atom. The molecule has 0 aliphatic carbocycles. The Morgan fingerprint density at radius 3 is 2.47 bits per heavy atom. The number of esters is 1. The second-order valence-corrected chi connectivity index (χ2v) is 3.81. The Hall–Kier alpha value is -0.900. The van der Waals surface area contributed by atoms with Gasteiger partial charge in [0.05, 0.1) is 0 Å². The predicted octanol–water partition coefficient (Wildman–Crippen LogP) is 1.27. The van der Waals surface area contributed by atoms with Gasteiger partial charge in [-0.2, -0.15) is 0 Å². The van der Waals surface area contributed by atoms with Crippen molar-refractivity contribution < 1.29 is 14.3 Å². The van der Waals surface area contributed by atoms with Crippen LogP contribution in [0.1, 0.15) is 40.0 Å². The monoisotopic (exact) mass is 215 g/mol. The summed E-state index contributed by atoms with van der Waals surface area (Å²) in [6, 6.07) is -0.630. The van der Waals surface area contributed by atoms with Gasteiger partial charge in [0, 0.05) is 0 Å². The normalized spacial score (nSPS) is 16.5. The third-order valence-corrected chi connectivity index (χ3v) is 2.52. The van der Waals surface area contributed by atoms with Crippen molar-refractivity contribution in [2.75, 3.05) is 0 Å². The maximum Gasteiger partial charge on any atom is 0.323 e. The van der Waals surface area contributed by atoms with Crippen LogP contribution in [0, 0.1) is 5.92 Å². The van der Waals surface area contributed by atoms with E-state index < -0.39 is 18.1 Å². The molecule has 0 radical (unpaired) electrons. The summed E-state index contributed by atoms with van der Waals surface area (Å²) in [5, 5.41) is 0. The molecule has 0 saturated heterocycles. The zero-order valence-corrected chi connectivity index (χ0v) is 9.73. The molecule has 88 valence electrons. The molecule has 0 heterocycles. The van der Waals surface area contributed by atoms with Crippen molar-refractivity contribution in [3.05, 3.63) is 0 Å². The topological polar surface area (TPSA) is 69.4 Å². The van der Waals surface area contributed by atoms with Crippen molar-refractivity contribution >= 4 is 12.3 Å². The first-order valence-corrected chi connectivity index (χ1v) is 5.48. The van der Waals surface area contributed by atoms with Crippen LogP contribution in [0.25, 0.3) is 0 Å². The van der Waals surface area contributed by atoms with Crippen molar-refractivity contribution in [1.29, 1.82) is 0 Å². The minimum atomic E-state index is -0.641. The quantitative estimate of drug-likeness (QED) is 0.513. The van der Waals surface area contributed by atoms with Gasteiger partial charge in [-0.1, -0.05) is 33.6 Å². The van der Waals surface area contributed by atoms with Crippen LogP contribution < -0.4 is 5.73 Å². The molecule has 15 heavy (non-hydrogen) atoms. The SMILES string of the molecule is CCCC(C=O)OC(=O)[C@@H](N)[C@@H](C)CC. The molecule has 4 nitrogen and oxygen atoms in total. The van der Waals surface area contributed by atoms with E-state index in [-0.39, 0.29) is 5.92 Å². The van der Waals surface area contributed by atoms with Crippen LogP contribution in [0.15, 0.2) is 0 Å². The van der Waals surface area contributed by atoms with Crippen LogP contribution in [0.4, 0.5) is 0 Å².